The molecule has 2 rings (SSSR count). The van der Waals surface area contributed by atoms with Crippen molar-refractivity contribution >= 4 is 33.2 Å². The van der Waals surface area contributed by atoms with E-state index in [-0.39, 0.29) is 22.0 Å². The summed E-state index contributed by atoms with van der Waals surface area (Å²) in [5.74, 6) is -0.404. The molecule has 2 N–H and O–H groups in total. The summed E-state index contributed by atoms with van der Waals surface area (Å²) in [4.78, 5) is 11.9. The number of carbonyl (C=O) groups is 1. The van der Waals surface area contributed by atoms with Crippen LogP contribution >= 0.6 is 11.6 Å². The van der Waals surface area contributed by atoms with E-state index in [2.05, 4.69) is 16.6 Å². The number of rotatable bonds is 6. The molecule has 0 aliphatic heterocycles. The van der Waals surface area contributed by atoms with Gasteiger partial charge in [-0.15, -0.1) is 6.58 Å². The largest absolute Gasteiger partial charge is 0.349 e. The van der Waals surface area contributed by atoms with Gasteiger partial charge in [-0.05, 0) is 55.3 Å². The van der Waals surface area contributed by atoms with Crippen LogP contribution in [-0.4, -0.2) is 20.9 Å². The summed E-state index contributed by atoms with van der Waals surface area (Å²) in [7, 11) is -3.93. The van der Waals surface area contributed by atoms with E-state index in [0.29, 0.717) is 5.69 Å². The fourth-order valence-corrected chi connectivity index (χ4v) is 3.71. The number of sulfonamides is 1. The maximum absolute atomic E-state index is 12.7. The molecule has 0 fully saturated rings. The zero-order valence-electron chi connectivity index (χ0n) is 14.0. The van der Waals surface area contributed by atoms with Gasteiger partial charge >= 0.3 is 0 Å². The Balaban J connectivity index is 2.36. The van der Waals surface area contributed by atoms with Crippen LogP contribution in [0.25, 0.3) is 0 Å². The molecule has 0 unspecified atom stereocenters. The highest BCUT2D eigenvalue weighted by Gasteiger charge is 2.20. The number of anilines is 1. The van der Waals surface area contributed by atoms with Crippen molar-refractivity contribution in [1.82, 2.24) is 5.32 Å². The summed E-state index contributed by atoms with van der Waals surface area (Å²) in [6, 6.07) is 9.35. The van der Waals surface area contributed by atoms with Crippen LogP contribution in [0.1, 0.15) is 21.5 Å². The van der Waals surface area contributed by atoms with E-state index in [1.807, 2.05) is 19.9 Å². The van der Waals surface area contributed by atoms with E-state index in [9.17, 15) is 13.2 Å². The lowest BCUT2D eigenvalue weighted by atomic mass is 10.1. The second kappa shape index (κ2) is 7.72. The maximum atomic E-state index is 12.7. The molecule has 0 aliphatic carbocycles. The first-order chi connectivity index (χ1) is 11.7. The van der Waals surface area contributed by atoms with Gasteiger partial charge in [0, 0.05) is 17.8 Å². The highest BCUT2D eigenvalue weighted by molar-refractivity contribution is 7.92. The van der Waals surface area contributed by atoms with Crippen molar-refractivity contribution in [2.45, 2.75) is 18.7 Å². The molecule has 0 aromatic heterocycles. The molecule has 2 aromatic rings. The molecule has 2 aromatic carbocycles. The Morgan fingerprint density at radius 2 is 1.88 bits per heavy atom. The van der Waals surface area contributed by atoms with Crippen LogP contribution in [-0.2, 0) is 10.0 Å². The monoisotopic (exact) mass is 378 g/mol. The predicted octanol–water partition coefficient (Wildman–Crippen LogP) is 3.67. The van der Waals surface area contributed by atoms with Crippen LogP contribution in [0, 0.1) is 13.8 Å². The molecule has 25 heavy (non-hydrogen) atoms. The van der Waals surface area contributed by atoms with Crippen LogP contribution < -0.4 is 10.0 Å². The number of halogens is 1. The minimum absolute atomic E-state index is 0.0385. The van der Waals surface area contributed by atoms with E-state index in [1.165, 1.54) is 24.3 Å². The molecule has 132 valence electrons. The molecule has 0 saturated heterocycles. The van der Waals surface area contributed by atoms with Crippen LogP contribution in [0.15, 0.2) is 53.9 Å². The van der Waals surface area contributed by atoms with Crippen molar-refractivity contribution in [2.24, 2.45) is 0 Å². The van der Waals surface area contributed by atoms with Gasteiger partial charge in [-0.3, -0.25) is 9.52 Å². The summed E-state index contributed by atoms with van der Waals surface area (Å²) in [5.41, 5.74) is 2.65. The van der Waals surface area contributed by atoms with Gasteiger partial charge in [-0.1, -0.05) is 23.7 Å². The van der Waals surface area contributed by atoms with Crippen molar-refractivity contribution in [1.29, 1.82) is 0 Å². The zero-order valence-corrected chi connectivity index (χ0v) is 15.5. The van der Waals surface area contributed by atoms with Crippen LogP contribution in [0.3, 0.4) is 0 Å². The number of aryl methyl sites for hydroxylation is 2. The Morgan fingerprint density at radius 1 is 1.16 bits per heavy atom. The average molecular weight is 379 g/mol. The highest BCUT2D eigenvalue weighted by atomic mass is 35.5. The first-order valence-corrected chi connectivity index (χ1v) is 9.39. The third-order valence-electron chi connectivity index (χ3n) is 3.65. The molecular formula is C18H19ClN2O3S. The first-order valence-electron chi connectivity index (χ1n) is 7.53. The third kappa shape index (κ3) is 4.61. The Labute approximate surface area is 152 Å². The summed E-state index contributed by atoms with van der Waals surface area (Å²) in [5, 5.41) is 2.63. The molecule has 0 radical (unpaired) electrons. The number of nitrogens with one attached hydrogen (secondary N) is 2. The second-order valence-electron chi connectivity index (χ2n) is 5.55. The van der Waals surface area contributed by atoms with Gasteiger partial charge in [0.2, 0.25) is 0 Å². The fraction of sp³-hybridized carbons (Fsp3) is 0.167. The Bertz CT molecular complexity index is 924. The fourth-order valence-electron chi connectivity index (χ4n) is 2.13. The molecule has 0 heterocycles. The number of hydrogen-bond acceptors (Lipinski definition) is 3. The lowest BCUT2D eigenvalue weighted by Gasteiger charge is -2.12. The molecule has 0 aliphatic rings. The van der Waals surface area contributed by atoms with Crippen molar-refractivity contribution in [3.8, 4) is 0 Å². The third-order valence-corrected chi connectivity index (χ3v) is 5.51. The van der Waals surface area contributed by atoms with Crippen LogP contribution in [0.2, 0.25) is 5.02 Å². The summed E-state index contributed by atoms with van der Waals surface area (Å²) >= 11 is 6.05. The molecule has 5 nitrogen and oxygen atoms in total. The Kier molecular flexibility index (Phi) is 5.87. The van der Waals surface area contributed by atoms with E-state index < -0.39 is 15.9 Å². The minimum Gasteiger partial charge on any atom is -0.349 e. The van der Waals surface area contributed by atoms with Gasteiger partial charge in [-0.25, -0.2) is 8.42 Å². The van der Waals surface area contributed by atoms with Crippen LogP contribution in [0.4, 0.5) is 5.69 Å². The van der Waals surface area contributed by atoms with E-state index >= 15 is 0 Å². The van der Waals surface area contributed by atoms with Gasteiger partial charge in [0.05, 0.1) is 5.02 Å². The number of amides is 1. The molecule has 0 saturated carbocycles. The Hall–Kier alpha value is -2.31. The molecule has 0 spiro atoms. The first kappa shape index (κ1) is 19.0. The molecule has 7 heteroatoms. The van der Waals surface area contributed by atoms with Crippen molar-refractivity contribution in [2.75, 3.05) is 11.3 Å². The molecule has 0 atom stereocenters. The van der Waals surface area contributed by atoms with Crippen LogP contribution in [0.5, 0.6) is 0 Å². The standard InChI is InChI=1S/C18H19ClN2O3S/c1-4-9-20-18(22)14-6-8-16(19)17(11-14)25(23,24)21-15-7-5-12(2)13(3)10-15/h4-8,10-11,21H,1,9H2,2-3H3,(H,20,22). The van der Waals surface area contributed by atoms with Crippen molar-refractivity contribution in [3.63, 3.8) is 0 Å². The smallest absolute Gasteiger partial charge is 0.263 e. The normalized spacial score (nSPS) is 11.0. The second-order valence-corrected chi connectivity index (χ2v) is 7.61. The van der Waals surface area contributed by atoms with E-state index in [4.69, 9.17) is 11.6 Å². The summed E-state index contributed by atoms with van der Waals surface area (Å²) < 4.78 is 27.8. The van der Waals surface area contributed by atoms with E-state index in [1.54, 1.807) is 12.1 Å². The zero-order chi connectivity index (χ0) is 18.6. The molecule has 0 bridgehead atoms. The van der Waals surface area contributed by atoms with Gasteiger partial charge in [0.15, 0.2) is 0 Å². The highest BCUT2D eigenvalue weighted by Crippen LogP contribution is 2.26. The average Bonchev–Trinajstić information content (AvgIpc) is 2.56. The van der Waals surface area contributed by atoms with Gasteiger partial charge < -0.3 is 5.32 Å². The summed E-state index contributed by atoms with van der Waals surface area (Å²) in [6.07, 6.45) is 1.53. The SMILES string of the molecule is C=CCNC(=O)c1ccc(Cl)c(S(=O)(=O)Nc2ccc(C)c(C)c2)c1. The predicted molar refractivity (Wildman–Crippen MR) is 101 cm³/mol. The number of hydrogen-bond donors (Lipinski definition) is 2. The van der Waals surface area contributed by atoms with Crippen molar-refractivity contribution < 1.29 is 13.2 Å². The topological polar surface area (TPSA) is 75.3 Å². The summed E-state index contributed by atoms with van der Waals surface area (Å²) in [6.45, 7) is 7.63. The maximum Gasteiger partial charge on any atom is 0.263 e. The number of carbonyl (C=O) groups excluding carboxylic acids is 1. The minimum atomic E-state index is -3.93. The van der Waals surface area contributed by atoms with E-state index in [0.717, 1.165) is 11.1 Å². The van der Waals surface area contributed by atoms with Crippen molar-refractivity contribution in [3.05, 3.63) is 70.8 Å². The van der Waals surface area contributed by atoms with Gasteiger partial charge in [0.1, 0.15) is 4.90 Å². The molecular weight excluding hydrogens is 360 g/mol. The lowest BCUT2D eigenvalue weighted by molar-refractivity contribution is 0.0958. The van der Waals surface area contributed by atoms with Gasteiger partial charge in [0.25, 0.3) is 15.9 Å². The quantitative estimate of drug-likeness (QED) is 0.753. The molecule has 1 amide bonds. The van der Waals surface area contributed by atoms with Gasteiger partial charge in [-0.2, -0.15) is 0 Å². The lowest BCUT2D eigenvalue weighted by Crippen LogP contribution is -2.23. The Morgan fingerprint density at radius 3 is 2.52 bits per heavy atom. The number of benzene rings is 2.